The SMILES string of the molecule is Cc1ccc(-c2cc(-c3ccc(C)cc3)cc(-c3ccc(-c4cc5ccc6cccc7ccc(c4)c5c67)cc3)c2)cc1. The van der Waals surface area contributed by atoms with Gasteiger partial charge in [-0.1, -0.05) is 126 Å². The van der Waals surface area contributed by atoms with Crippen LogP contribution in [-0.2, 0) is 0 Å². The Morgan fingerprint density at radius 3 is 0.976 bits per heavy atom. The molecule has 0 unspecified atom stereocenters. The van der Waals surface area contributed by atoms with Crippen molar-refractivity contribution in [3.8, 4) is 44.5 Å². The molecule has 0 saturated heterocycles. The third kappa shape index (κ3) is 4.24. The zero-order valence-electron chi connectivity index (χ0n) is 23.9. The molecule has 0 radical (unpaired) electrons. The molecule has 0 fully saturated rings. The Bertz CT molecular complexity index is 2090. The van der Waals surface area contributed by atoms with Gasteiger partial charge in [0.05, 0.1) is 0 Å². The van der Waals surface area contributed by atoms with Gasteiger partial charge < -0.3 is 0 Å². The first-order valence-electron chi connectivity index (χ1n) is 14.7. The Morgan fingerprint density at radius 1 is 0.262 bits per heavy atom. The van der Waals surface area contributed by atoms with Crippen molar-refractivity contribution < 1.29 is 0 Å². The maximum absolute atomic E-state index is 2.34. The molecule has 0 aliphatic heterocycles. The Labute approximate surface area is 246 Å². The van der Waals surface area contributed by atoms with Crippen LogP contribution in [0.4, 0.5) is 0 Å². The van der Waals surface area contributed by atoms with E-state index in [1.807, 2.05) is 0 Å². The normalized spacial score (nSPS) is 11.6. The maximum Gasteiger partial charge on any atom is -0.00264 e. The van der Waals surface area contributed by atoms with Crippen molar-refractivity contribution in [3.05, 3.63) is 157 Å². The molecule has 0 bridgehead atoms. The maximum atomic E-state index is 2.34. The van der Waals surface area contributed by atoms with Crippen LogP contribution < -0.4 is 0 Å². The highest BCUT2D eigenvalue weighted by Gasteiger charge is 2.11. The Morgan fingerprint density at radius 2 is 0.571 bits per heavy atom. The number of hydrogen-bond donors (Lipinski definition) is 0. The van der Waals surface area contributed by atoms with Crippen molar-refractivity contribution in [3.63, 3.8) is 0 Å². The molecule has 198 valence electrons. The fraction of sp³-hybridized carbons (Fsp3) is 0.0476. The third-order valence-corrected chi connectivity index (χ3v) is 8.72. The summed E-state index contributed by atoms with van der Waals surface area (Å²) in [6.45, 7) is 4.28. The summed E-state index contributed by atoms with van der Waals surface area (Å²) in [7, 11) is 0. The minimum absolute atomic E-state index is 1.22. The van der Waals surface area contributed by atoms with Crippen LogP contribution in [0.5, 0.6) is 0 Å². The molecule has 0 N–H and O–H groups in total. The van der Waals surface area contributed by atoms with E-state index >= 15 is 0 Å². The number of rotatable bonds is 4. The summed E-state index contributed by atoms with van der Waals surface area (Å²) in [5.41, 5.74) is 12.4. The summed E-state index contributed by atoms with van der Waals surface area (Å²) < 4.78 is 0. The van der Waals surface area contributed by atoms with E-state index in [9.17, 15) is 0 Å². The largest absolute Gasteiger partial charge is 0.0610 e. The van der Waals surface area contributed by atoms with Crippen LogP contribution in [0, 0.1) is 13.8 Å². The molecule has 42 heavy (non-hydrogen) atoms. The van der Waals surface area contributed by atoms with Crippen molar-refractivity contribution >= 4 is 32.3 Å². The minimum Gasteiger partial charge on any atom is -0.0610 e. The molecular formula is C42H30. The Hall–Kier alpha value is -5.20. The van der Waals surface area contributed by atoms with Gasteiger partial charge >= 0.3 is 0 Å². The predicted octanol–water partition coefficient (Wildman–Crippen LogP) is 11.9. The number of benzene rings is 8. The summed E-state index contributed by atoms with van der Waals surface area (Å²) in [6, 6.07) is 54.0. The van der Waals surface area contributed by atoms with Gasteiger partial charge in [0.15, 0.2) is 0 Å². The molecule has 0 spiro atoms. The third-order valence-electron chi connectivity index (χ3n) is 8.72. The van der Waals surface area contributed by atoms with E-state index in [1.165, 1.54) is 88.0 Å². The van der Waals surface area contributed by atoms with Crippen molar-refractivity contribution in [1.82, 2.24) is 0 Å². The van der Waals surface area contributed by atoms with Gasteiger partial charge in [0.25, 0.3) is 0 Å². The standard InChI is InChI=1S/C42H30/c1-27-6-10-29(11-7-27)38-24-39(30-12-8-28(2)9-13-30)26-40(25-38)32-16-14-31(15-17-32)37-22-35-20-18-33-4-3-5-34-19-21-36(23-37)42(35)41(33)34/h3-26H,1-2H3. The zero-order chi connectivity index (χ0) is 28.2. The monoisotopic (exact) mass is 534 g/mol. The highest BCUT2D eigenvalue weighted by molar-refractivity contribution is 6.23. The number of hydrogen-bond acceptors (Lipinski definition) is 0. The average Bonchev–Trinajstić information content (AvgIpc) is 3.04. The highest BCUT2D eigenvalue weighted by Crippen LogP contribution is 2.38. The lowest BCUT2D eigenvalue weighted by molar-refractivity contribution is 1.46. The van der Waals surface area contributed by atoms with Crippen LogP contribution >= 0.6 is 0 Å². The lowest BCUT2D eigenvalue weighted by Crippen LogP contribution is -1.88. The fourth-order valence-corrected chi connectivity index (χ4v) is 6.40. The van der Waals surface area contributed by atoms with E-state index in [1.54, 1.807) is 0 Å². The summed E-state index contributed by atoms with van der Waals surface area (Å²) >= 11 is 0. The second kappa shape index (κ2) is 9.72. The van der Waals surface area contributed by atoms with E-state index in [2.05, 4.69) is 159 Å². The topological polar surface area (TPSA) is 0 Å². The molecular weight excluding hydrogens is 504 g/mol. The predicted molar refractivity (Wildman–Crippen MR) is 181 cm³/mol. The summed E-state index contributed by atoms with van der Waals surface area (Å²) in [5.74, 6) is 0. The first kappa shape index (κ1) is 24.6. The molecule has 8 aromatic carbocycles. The summed E-state index contributed by atoms with van der Waals surface area (Å²) in [6.07, 6.45) is 0. The molecule has 0 amide bonds. The van der Waals surface area contributed by atoms with Crippen LogP contribution in [0.1, 0.15) is 11.1 Å². The second-order valence-corrected chi connectivity index (χ2v) is 11.6. The van der Waals surface area contributed by atoms with E-state index < -0.39 is 0 Å². The highest BCUT2D eigenvalue weighted by atomic mass is 14.2. The molecule has 0 nitrogen and oxygen atoms in total. The van der Waals surface area contributed by atoms with Gasteiger partial charge in [0.2, 0.25) is 0 Å². The van der Waals surface area contributed by atoms with Gasteiger partial charge in [0.1, 0.15) is 0 Å². The fourth-order valence-electron chi connectivity index (χ4n) is 6.40. The van der Waals surface area contributed by atoms with E-state index in [0.717, 1.165) is 0 Å². The summed E-state index contributed by atoms with van der Waals surface area (Å²) in [5, 5.41) is 7.93. The van der Waals surface area contributed by atoms with Crippen LogP contribution in [-0.4, -0.2) is 0 Å². The van der Waals surface area contributed by atoms with Crippen LogP contribution in [0.15, 0.2) is 146 Å². The Kier molecular flexibility index (Phi) is 5.69. The van der Waals surface area contributed by atoms with Gasteiger partial charge in [-0.25, -0.2) is 0 Å². The van der Waals surface area contributed by atoms with E-state index in [-0.39, 0.29) is 0 Å². The van der Waals surface area contributed by atoms with Crippen LogP contribution in [0.3, 0.4) is 0 Å². The first-order chi connectivity index (χ1) is 20.6. The molecule has 0 heteroatoms. The lowest BCUT2D eigenvalue weighted by Gasteiger charge is -2.14. The van der Waals surface area contributed by atoms with Crippen LogP contribution in [0.2, 0.25) is 0 Å². The van der Waals surface area contributed by atoms with Crippen molar-refractivity contribution in [1.29, 1.82) is 0 Å². The molecule has 8 aromatic rings. The Balaban J connectivity index is 1.22. The molecule has 0 atom stereocenters. The lowest BCUT2D eigenvalue weighted by atomic mass is 9.90. The smallest absolute Gasteiger partial charge is 0.00264 e. The van der Waals surface area contributed by atoms with Gasteiger partial charge in [-0.3, -0.25) is 0 Å². The van der Waals surface area contributed by atoms with Crippen molar-refractivity contribution in [2.45, 2.75) is 13.8 Å². The summed E-state index contributed by atoms with van der Waals surface area (Å²) in [4.78, 5) is 0. The quantitative estimate of drug-likeness (QED) is 0.197. The van der Waals surface area contributed by atoms with Crippen LogP contribution in [0.25, 0.3) is 76.8 Å². The molecule has 0 heterocycles. The molecule has 0 aliphatic carbocycles. The molecule has 0 aromatic heterocycles. The number of aryl methyl sites for hydroxylation is 2. The second-order valence-electron chi connectivity index (χ2n) is 11.6. The zero-order valence-corrected chi connectivity index (χ0v) is 23.9. The van der Waals surface area contributed by atoms with E-state index in [4.69, 9.17) is 0 Å². The first-order valence-corrected chi connectivity index (χ1v) is 14.7. The van der Waals surface area contributed by atoms with Gasteiger partial charge in [-0.2, -0.15) is 0 Å². The van der Waals surface area contributed by atoms with Gasteiger partial charge in [0, 0.05) is 0 Å². The average molecular weight is 535 g/mol. The minimum atomic E-state index is 1.22. The molecule has 8 rings (SSSR count). The van der Waals surface area contributed by atoms with E-state index in [0.29, 0.717) is 0 Å². The van der Waals surface area contributed by atoms with Gasteiger partial charge in [-0.15, -0.1) is 0 Å². The molecule has 0 aliphatic rings. The van der Waals surface area contributed by atoms with Crippen molar-refractivity contribution in [2.24, 2.45) is 0 Å². The van der Waals surface area contributed by atoms with Gasteiger partial charge in [-0.05, 0) is 121 Å². The molecule has 0 saturated carbocycles. The van der Waals surface area contributed by atoms with Crippen molar-refractivity contribution in [2.75, 3.05) is 0 Å².